The SMILES string of the molecule is COc1ccc(CC(=O)N[C@H](c2ccccc2)c2ccc(C)cc2)c(OC)c1. The van der Waals surface area contributed by atoms with Crippen molar-refractivity contribution in [3.8, 4) is 11.5 Å². The van der Waals surface area contributed by atoms with Crippen LogP contribution in [0.15, 0.2) is 72.8 Å². The zero-order valence-corrected chi connectivity index (χ0v) is 16.4. The number of rotatable bonds is 7. The molecule has 0 aromatic heterocycles. The number of hydrogen-bond acceptors (Lipinski definition) is 3. The quantitative estimate of drug-likeness (QED) is 0.663. The number of aryl methyl sites for hydroxylation is 1. The van der Waals surface area contributed by atoms with Gasteiger partial charge in [-0.3, -0.25) is 4.79 Å². The van der Waals surface area contributed by atoms with Gasteiger partial charge < -0.3 is 14.8 Å². The van der Waals surface area contributed by atoms with Gasteiger partial charge in [-0.1, -0.05) is 66.2 Å². The molecule has 4 nitrogen and oxygen atoms in total. The van der Waals surface area contributed by atoms with E-state index in [-0.39, 0.29) is 18.4 Å². The van der Waals surface area contributed by atoms with E-state index in [9.17, 15) is 4.79 Å². The van der Waals surface area contributed by atoms with E-state index in [1.54, 1.807) is 20.3 Å². The van der Waals surface area contributed by atoms with Crippen LogP contribution in [-0.4, -0.2) is 20.1 Å². The van der Waals surface area contributed by atoms with Crippen LogP contribution in [0.25, 0.3) is 0 Å². The maximum absolute atomic E-state index is 12.9. The van der Waals surface area contributed by atoms with Gasteiger partial charge >= 0.3 is 0 Å². The Morgan fingerprint density at radius 3 is 2.21 bits per heavy atom. The molecule has 4 heteroatoms. The monoisotopic (exact) mass is 375 g/mol. The lowest BCUT2D eigenvalue weighted by Crippen LogP contribution is -2.30. The van der Waals surface area contributed by atoms with Crippen molar-refractivity contribution in [1.29, 1.82) is 0 Å². The maximum atomic E-state index is 12.9. The third kappa shape index (κ3) is 4.71. The van der Waals surface area contributed by atoms with Gasteiger partial charge in [-0.2, -0.15) is 0 Å². The number of carbonyl (C=O) groups is 1. The molecule has 3 aromatic carbocycles. The Morgan fingerprint density at radius 2 is 1.57 bits per heavy atom. The Balaban J connectivity index is 1.83. The molecule has 0 fully saturated rings. The molecule has 28 heavy (non-hydrogen) atoms. The van der Waals surface area contributed by atoms with Crippen LogP contribution in [-0.2, 0) is 11.2 Å². The fraction of sp³-hybridized carbons (Fsp3) is 0.208. The molecule has 0 aliphatic rings. The summed E-state index contributed by atoms with van der Waals surface area (Å²) in [6, 6.07) is 23.5. The second-order valence-corrected chi connectivity index (χ2v) is 6.68. The fourth-order valence-corrected chi connectivity index (χ4v) is 3.15. The van der Waals surface area contributed by atoms with Crippen molar-refractivity contribution in [3.05, 3.63) is 95.1 Å². The third-order valence-electron chi connectivity index (χ3n) is 4.69. The molecule has 0 radical (unpaired) electrons. The summed E-state index contributed by atoms with van der Waals surface area (Å²) in [5, 5.41) is 3.17. The van der Waals surface area contributed by atoms with Crippen LogP contribution < -0.4 is 14.8 Å². The van der Waals surface area contributed by atoms with Crippen molar-refractivity contribution in [1.82, 2.24) is 5.32 Å². The number of ether oxygens (including phenoxy) is 2. The third-order valence-corrected chi connectivity index (χ3v) is 4.69. The predicted octanol–water partition coefficient (Wildman–Crippen LogP) is 4.46. The highest BCUT2D eigenvalue weighted by Gasteiger charge is 2.18. The molecule has 0 spiro atoms. The van der Waals surface area contributed by atoms with Gasteiger partial charge in [-0.05, 0) is 24.1 Å². The van der Waals surface area contributed by atoms with Gasteiger partial charge in [0.15, 0.2) is 0 Å². The van der Waals surface area contributed by atoms with Crippen LogP contribution in [0.5, 0.6) is 11.5 Å². The van der Waals surface area contributed by atoms with Crippen LogP contribution in [0.3, 0.4) is 0 Å². The molecule has 3 rings (SSSR count). The minimum atomic E-state index is -0.210. The van der Waals surface area contributed by atoms with Gasteiger partial charge in [0.25, 0.3) is 0 Å². The van der Waals surface area contributed by atoms with Gasteiger partial charge in [0.1, 0.15) is 11.5 Å². The van der Waals surface area contributed by atoms with E-state index in [4.69, 9.17) is 9.47 Å². The van der Waals surface area contributed by atoms with Crippen molar-refractivity contribution < 1.29 is 14.3 Å². The highest BCUT2D eigenvalue weighted by Crippen LogP contribution is 2.26. The molecule has 0 saturated carbocycles. The Labute approximate surface area is 166 Å². The van der Waals surface area contributed by atoms with E-state index in [1.165, 1.54) is 5.56 Å². The Bertz CT molecular complexity index is 920. The van der Waals surface area contributed by atoms with Crippen LogP contribution in [0.2, 0.25) is 0 Å². The zero-order chi connectivity index (χ0) is 19.9. The molecule has 1 amide bonds. The molecule has 0 aliphatic heterocycles. The summed E-state index contributed by atoms with van der Waals surface area (Å²) in [7, 11) is 3.20. The normalized spacial score (nSPS) is 11.5. The fourth-order valence-electron chi connectivity index (χ4n) is 3.15. The lowest BCUT2D eigenvalue weighted by atomic mass is 9.97. The first-order valence-corrected chi connectivity index (χ1v) is 9.22. The van der Waals surface area contributed by atoms with E-state index in [0.717, 1.165) is 16.7 Å². The van der Waals surface area contributed by atoms with E-state index in [1.807, 2.05) is 42.5 Å². The average molecular weight is 375 g/mol. The van der Waals surface area contributed by atoms with Gasteiger partial charge in [-0.15, -0.1) is 0 Å². The van der Waals surface area contributed by atoms with Crippen molar-refractivity contribution in [3.63, 3.8) is 0 Å². The summed E-state index contributed by atoms with van der Waals surface area (Å²) in [6.07, 6.45) is 0.225. The number of nitrogens with one attached hydrogen (secondary N) is 1. The van der Waals surface area contributed by atoms with E-state index < -0.39 is 0 Å². The van der Waals surface area contributed by atoms with Crippen LogP contribution in [0, 0.1) is 6.92 Å². The standard InChI is InChI=1S/C24H25NO3/c1-17-9-11-19(12-10-17)24(18-7-5-4-6-8-18)25-23(26)15-20-13-14-21(27-2)16-22(20)28-3/h4-14,16,24H,15H2,1-3H3,(H,25,26)/t24-/m1/s1. The molecule has 3 aromatic rings. The van der Waals surface area contributed by atoms with Crippen LogP contribution in [0.1, 0.15) is 28.3 Å². The maximum Gasteiger partial charge on any atom is 0.225 e. The number of carbonyl (C=O) groups excluding carboxylic acids is 1. The highest BCUT2D eigenvalue weighted by atomic mass is 16.5. The summed E-state index contributed by atoms with van der Waals surface area (Å²) in [5.41, 5.74) is 4.09. The summed E-state index contributed by atoms with van der Waals surface area (Å²) >= 11 is 0. The minimum absolute atomic E-state index is 0.0714. The molecular weight excluding hydrogens is 350 g/mol. The van der Waals surface area contributed by atoms with Crippen molar-refractivity contribution in [2.45, 2.75) is 19.4 Å². The van der Waals surface area contributed by atoms with Crippen molar-refractivity contribution in [2.75, 3.05) is 14.2 Å². The zero-order valence-electron chi connectivity index (χ0n) is 16.4. The second kappa shape index (κ2) is 9.09. The average Bonchev–Trinajstić information content (AvgIpc) is 2.73. The molecule has 0 saturated heterocycles. The molecular formula is C24H25NO3. The first kappa shape index (κ1) is 19.5. The smallest absolute Gasteiger partial charge is 0.225 e. The van der Waals surface area contributed by atoms with Gasteiger partial charge in [-0.25, -0.2) is 0 Å². The van der Waals surface area contributed by atoms with Crippen molar-refractivity contribution in [2.24, 2.45) is 0 Å². The van der Waals surface area contributed by atoms with E-state index in [2.05, 4.69) is 36.5 Å². The van der Waals surface area contributed by atoms with Crippen LogP contribution >= 0.6 is 0 Å². The Morgan fingerprint density at radius 1 is 0.893 bits per heavy atom. The summed E-state index contributed by atoms with van der Waals surface area (Å²) in [6.45, 7) is 2.05. The number of benzene rings is 3. The lowest BCUT2D eigenvalue weighted by Gasteiger charge is -2.20. The Hall–Kier alpha value is -3.27. The predicted molar refractivity (Wildman–Crippen MR) is 111 cm³/mol. The molecule has 1 atom stereocenters. The van der Waals surface area contributed by atoms with E-state index >= 15 is 0 Å². The summed E-state index contributed by atoms with van der Waals surface area (Å²) in [4.78, 5) is 12.9. The van der Waals surface area contributed by atoms with Crippen LogP contribution in [0.4, 0.5) is 0 Å². The largest absolute Gasteiger partial charge is 0.497 e. The van der Waals surface area contributed by atoms with E-state index in [0.29, 0.717) is 11.5 Å². The van der Waals surface area contributed by atoms with Gasteiger partial charge in [0, 0.05) is 11.6 Å². The molecule has 0 heterocycles. The topological polar surface area (TPSA) is 47.6 Å². The first-order chi connectivity index (χ1) is 13.6. The first-order valence-electron chi connectivity index (χ1n) is 9.22. The number of methoxy groups -OCH3 is 2. The molecule has 144 valence electrons. The number of amides is 1. The Kier molecular flexibility index (Phi) is 6.33. The highest BCUT2D eigenvalue weighted by molar-refractivity contribution is 5.80. The van der Waals surface area contributed by atoms with Crippen molar-refractivity contribution >= 4 is 5.91 Å². The second-order valence-electron chi connectivity index (χ2n) is 6.68. The lowest BCUT2D eigenvalue weighted by molar-refractivity contribution is -0.121. The molecule has 0 bridgehead atoms. The molecule has 0 unspecified atom stereocenters. The van der Waals surface area contributed by atoms with Gasteiger partial charge in [0.05, 0.1) is 26.7 Å². The summed E-state index contributed by atoms with van der Waals surface area (Å²) in [5.74, 6) is 1.27. The number of hydrogen-bond donors (Lipinski definition) is 1. The van der Waals surface area contributed by atoms with Gasteiger partial charge in [0.2, 0.25) is 5.91 Å². The molecule has 0 aliphatic carbocycles. The minimum Gasteiger partial charge on any atom is -0.497 e. The molecule has 1 N–H and O–H groups in total. The summed E-state index contributed by atoms with van der Waals surface area (Å²) < 4.78 is 10.6.